The van der Waals surface area contributed by atoms with Crippen molar-refractivity contribution in [1.29, 1.82) is 0 Å². The Labute approximate surface area is 56.6 Å². The zero-order valence-corrected chi connectivity index (χ0v) is 6.02. The van der Waals surface area contributed by atoms with Gasteiger partial charge in [0.2, 0.25) is 0 Å². The van der Waals surface area contributed by atoms with E-state index in [2.05, 4.69) is 38.2 Å². The van der Waals surface area contributed by atoms with Gasteiger partial charge in [0.15, 0.2) is 0 Å². The van der Waals surface area contributed by atoms with Crippen molar-refractivity contribution in [2.45, 2.75) is 20.3 Å². The molecular weight excluding hydrogens is 108 g/mol. The number of hydrogen-bond acceptors (Lipinski definition) is 0. The molecular formula is C9H12. The summed E-state index contributed by atoms with van der Waals surface area (Å²) >= 11 is 0. The third kappa shape index (κ3) is 1.13. The summed E-state index contributed by atoms with van der Waals surface area (Å²) in [6.45, 7) is 4.26. The Hall–Kier alpha value is -0.780. The maximum atomic E-state index is 2.18. The van der Waals surface area contributed by atoms with Gasteiger partial charge in [0.25, 0.3) is 0 Å². The predicted octanol–water partition coefficient (Wildman–Crippen LogP) is 2.84. The summed E-state index contributed by atoms with van der Waals surface area (Å²) in [5.41, 5.74) is 2.84. The molecule has 0 bridgehead atoms. The van der Waals surface area contributed by atoms with E-state index < -0.39 is 0 Å². The normalized spacial score (nSPS) is 21.1. The highest BCUT2D eigenvalue weighted by molar-refractivity contribution is 5.47. The van der Waals surface area contributed by atoms with Crippen LogP contribution >= 0.6 is 0 Å². The van der Waals surface area contributed by atoms with E-state index in [0.29, 0.717) is 0 Å². The van der Waals surface area contributed by atoms with E-state index in [4.69, 9.17) is 0 Å². The van der Waals surface area contributed by atoms with Gasteiger partial charge >= 0.3 is 0 Å². The Bertz CT molecular complexity index is 180. The standard InChI is InChI=1S/C9H12/c1-3-8-6-5-7-9(8)4-2/h3,5-7H,4H2,1-2H3/b8-3-. The fourth-order valence-corrected chi connectivity index (χ4v) is 1.07. The van der Waals surface area contributed by atoms with Gasteiger partial charge in [-0.15, -0.1) is 0 Å². The van der Waals surface area contributed by atoms with E-state index in [-0.39, 0.29) is 0 Å². The molecule has 0 heteroatoms. The zero-order chi connectivity index (χ0) is 6.69. The lowest BCUT2D eigenvalue weighted by molar-refractivity contribution is 1.13. The maximum absolute atomic E-state index is 2.18. The van der Waals surface area contributed by atoms with E-state index >= 15 is 0 Å². The number of hydrogen-bond donors (Lipinski definition) is 0. The van der Waals surface area contributed by atoms with Crippen molar-refractivity contribution in [3.8, 4) is 0 Å². The summed E-state index contributed by atoms with van der Waals surface area (Å²) in [6, 6.07) is 0. The van der Waals surface area contributed by atoms with Crippen molar-refractivity contribution in [1.82, 2.24) is 0 Å². The second-order valence-corrected chi connectivity index (χ2v) is 2.15. The number of rotatable bonds is 1. The van der Waals surface area contributed by atoms with Crippen LogP contribution in [-0.2, 0) is 0 Å². The molecule has 0 fully saturated rings. The van der Waals surface area contributed by atoms with Crippen LogP contribution in [0.25, 0.3) is 0 Å². The van der Waals surface area contributed by atoms with Crippen LogP contribution in [0.5, 0.6) is 0 Å². The minimum atomic E-state index is 1.15. The maximum Gasteiger partial charge on any atom is -0.0267 e. The van der Waals surface area contributed by atoms with E-state index in [1.54, 1.807) is 0 Å². The van der Waals surface area contributed by atoms with Crippen molar-refractivity contribution in [2.24, 2.45) is 0 Å². The molecule has 0 heterocycles. The molecule has 48 valence electrons. The molecule has 0 nitrogen and oxygen atoms in total. The molecule has 0 aromatic heterocycles. The average molecular weight is 120 g/mol. The van der Waals surface area contributed by atoms with Gasteiger partial charge in [0, 0.05) is 0 Å². The van der Waals surface area contributed by atoms with Crippen molar-refractivity contribution in [2.75, 3.05) is 0 Å². The van der Waals surface area contributed by atoms with Gasteiger partial charge < -0.3 is 0 Å². The van der Waals surface area contributed by atoms with Gasteiger partial charge in [-0.2, -0.15) is 0 Å². The van der Waals surface area contributed by atoms with Gasteiger partial charge in [-0.3, -0.25) is 0 Å². The first-order valence-corrected chi connectivity index (χ1v) is 3.42. The molecule has 0 aromatic rings. The van der Waals surface area contributed by atoms with Crippen LogP contribution < -0.4 is 0 Å². The highest BCUT2D eigenvalue weighted by Crippen LogP contribution is 2.20. The molecule has 0 amide bonds. The van der Waals surface area contributed by atoms with Crippen LogP contribution in [0.2, 0.25) is 0 Å². The van der Waals surface area contributed by atoms with Crippen molar-refractivity contribution < 1.29 is 0 Å². The first-order chi connectivity index (χ1) is 4.38. The predicted molar refractivity (Wildman–Crippen MR) is 41.3 cm³/mol. The topological polar surface area (TPSA) is 0 Å². The van der Waals surface area contributed by atoms with Crippen LogP contribution in [0, 0.1) is 0 Å². The molecule has 0 spiro atoms. The third-order valence-electron chi connectivity index (χ3n) is 1.64. The van der Waals surface area contributed by atoms with E-state index in [0.717, 1.165) is 6.42 Å². The van der Waals surface area contributed by atoms with Gasteiger partial charge in [-0.25, -0.2) is 0 Å². The van der Waals surface area contributed by atoms with Crippen molar-refractivity contribution in [3.63, 3.8) is 0 Å². The van der Waals surface area contributed by atoms with Crippen LogP contribution in [0.15, 0.2) is 35.5 Å². The molecule has 1 aliphatic carbocycles. The highest BCUT2D eigenvalue weighted by Gasteiger charge is 2.00. The van der Waals surface area contributed by atoms with Crippen LogP contribution in [-0.4, -0.2) is 0 Å². The zero-order valence-electron chi connectivity index (χ0n) is 6.02. The van der Waals surface area contributed by atoms with E-state index in [1.165, 1.54) is 11.1 Å². The Balaban J connectivity index is 2.78. The van der Waals surface area contributed by atoms with Gasteiger partial charge in [-0.1, -0.05) is 31.2 Å². The fraction of sp³-hybridized carbons (Fsp3) is 0.333. The number of allylic oxidation sites excluding steroid dienone is 6. The highest BCUT2D eigenvalue weighted by atomic mass is 14.1. The first kappa shape index (κ1) is 6.34. The fourth-order valence-electron chi connectivity index (χ4n) is 1.07. The van der Waals surface area contributed by atoms with Gasteiger partial charge in [0.05, 0.1) is 0 Å². The summed E-state index contributed by atoms with van der Waals surface area (Å²) in [4.78, 5) is 0. The largest absolute Gasteiger partial charge is 0.0801 e. The van der Waals surface area contributed by atoms with E-state index in [9.17, 15) is 0 Å². The van der Waals surface area contributed by atoms with Gasteiger partial charge in [-0.05, 0) is 24.5 Å². The Morgan fingerprint density at radius 3 is 2.78 bits per heavy atom. The van der Waals surface area contributed by atoms with Crippen LogP contribution in [0.1, 0.15) is 20.3 Å². The Morgan fingerprint density at radius 1 is 1.56 bits per heavy atom. The lowest BCUT2D eigenvalue weighted by atomic mass is 10.1. The molecule has 0 N–H and O–H groups in total. The molecule has 9 heavy (non-hydrogen) atoms. The smallest absolute Gasteiger partial charge is 0.0267 e. The lowest BCUT2D eigenvalue weighted by Crippen LogP contribution is -1.77. The summed E-state index contributed by atoms with van der Waals surface area (Å²) in [5, 5.41) is 0. The molecule has 1 rings (SSSR count). The van der Waals surface area contributed by atoms with Crippen LogP contribution in [0.3, 0.4) is 0 Å². The minimum absolute atomic E-state index is 1.15. The second kappa shape index (κ2) is 2.67. The molecule has 0 saturated carbocycles. The Morgan fingerprint density at radius 2 is 2.33 bits per heavy atom. The summed E-state index contributed by atoms with van der Waals surface area (Å²) < 4.78 is 0. The third-order valence-corrected chi connectivity index (χ3v) is 1.64. The summed E-state index contributed by atoms with van der Waals surface area (Å²) in [7, 11) is 0. The second-order valence-electron chi connectivity index (χ2n) is 2.15. The molecule has 0 aromatic carbocycles. The van der Waals surface area contributed by atoms with Crippen molar-refractivity contribution >= 4 is 0 Å². The van der Waals surface area contributed by atoms with Gasteiger partial charge in [0.1, 0.15) is 0 Å². The average Bonchev–Trinajstić information content (AvgIpc) is 2.33. The van der Waals surface area contributed by atoms with Crippen molar-refractivity contribution in [3.05, 3.63) is 35.5 Å². The molecule has 0 aliphatic heterocycles. The molecule has 1 aliphatic rings. The molecule has 0 saturated heterocycles. The SMILES string of the molecule is C/C=C1/C=CC=C1CC. The van der Waals surface area contributed by atoms with E-state index in [1.807, 2.05) is 0 Å². The molecule has 0 radical (unpaired) electrons. The quantitative estimate of drug-likeness (QED) is 0.499. The first-order valence-electron chi connectivity index (χ1n) is 3.42. The minimum Gasteiger partial charge on any atom is -0.0801 e. The van der Waals surface area contributed by atoms with Crippen LogP contribution in [0.4, 0.5) is 0 Å². The molecule has 0 atom stereocenters. The lowest BCUT2D eigenvalue weighted by Gasteiger charge is -1.96. The summed E-state index contributed by atoms with van der Waals surface area (Å²) in [6.07, 6.45) is 9.73. The Kier molecular flexibility index (Phi) is 1.88. The summed E-state index contributed by atoms with van der Waals surface area (Å²) in [5.74, 6) is 0. The molecule has 0 unspecified atom stereocenters. The monoisotopic (exact) mass is 120 g/mol.